The van der Waals surface area contributed by atoms with Gasteiger partial charge in [-0.25, -0.2) is 0 Å². The van der Waals surface area contributed by atoms with Gasteiger partial charge < -0.3 is 14.8 Å². The molecule has 4 heteroatoms. The van der Waals surface area contributed by atoms with Crippen LogP contribution >= 0.6 is 0 Å². The number of hydrogen-bond acceptors (Lipinski definition) is 4. The van der Waals surface area contributed by atoms with Crippen LogP contribution in [0.1, 0.15) is 30.1 Å². The van der Waals surface area contributed by atoms with E-state index in [2.05, 4.69) is 22.4 Å². The van der Waals surface area contributed by atoms with Gasteiger partial charge in [-0.1, -0.05) is 6.07 Å². The average Bonchev–Trinajstić information content (AvgIpc) is 2.78. The van der Waals surface area contributed by atoms with Gasteiger partial charge in [-0.2, -0.15) is 0 Å². The first kappa shape index (κ1) is 14.9. The number of hydrogen-bond donors (Lipinski definition) is 1. The highest BCUT2D eigenvalue weighted by Crippen LogP contribution is 2.34. The van der Waals surface area contributed by atoms with Crippen molar-refractivity contribution in [3.05, 3.63) is 53.9 Å². The molecule has 1 atom stereocenters. The molecule has 1 aliphatic heterocycles. The Hall–Kier alpha value is -2.07. The summed E-state index contributed by atoms with van der Waals surface area (Å²) < 4.78 is 11.2. The molecular weight excluding hydrogens is 276 g/mol. The number of aromatic nitrogens is 1. The summed E-state index contributed by atoms with van der Waals surface area (Å²) in [6.45, 7) is 1.68. The Balaban J connectivity index is 1.68. The van der Waals surface area contributed by atoms with Crippen molar-refractivity contribution in [2.75, 3.05) is 20.3 Å². The number of ether oxygens (including phenoxy) is 2. The van der Waals surface area contributed by atoms with Crippen LogP contribution in [0, 0.1) is 0 Å². The van der Waals surface area contributed by atoms with Crippen LogP contribution in [0.2, 0.25) is 0 Å². The topological polar surface area (TPSA) is 43.4 Å². The molecule has 2 aromatic rings. The minimum absolute atomic E-state index is 0.302. The second kappa shape index (κ2) is 7.27. The zero-order chi connectivity index (χ0) is 15.2. The summed E-state index contributed by atoms with van der Waals surface area (Å²) in [6, 6.07) is 12.4. The monoisotopic (exact) mass is 298 g/mol. The van der Waals surface area contributed by atoms with E-state index < -0.39 is 0 Å². The van der Waals surface area contributed by atoms with Gasteiger partial charge in [0.05, 0.1) is 13.7 Å². The summed E-state index contributed by atoms with van der Waals surface area (Å²) in [5.41, 5.74) is 2.31. The van der Waals surface area contributed by atoms with Crippen molar-refractivity contribution < 1.29 is 9.47 Å². The lowest BCUT2D eigenvalue weighted by Crippen LogP contribution is -2.23. The molecule has 0 saturated heterocycles. The molecule has 1 aliphatic rings. The van der Waals surface area contributed by atoms with Crippen LogP contribution in [-0.4, -0.2) is 25.2 Å². The molecule has 22 heavy (non-hydrogen) atoms. The van der Waals surface area contributed by atoms with E-state index >= 15 is 0 Å². The number of nitrogens with zero attached hydrogens (tertiary/aromatic N) is 1. The van der Waals surface area contributed by atoms with E-state index in [4.69, 9.17) is 9.47 Å². The highest BCUT2D eigenvalue weighted by molar-refractivity contribution is 5.42. The normalized spacial score (nSPS) is 17.2. The maximum atomic E-state index is 5.83. The Morgan fingerprint density at radius 3 is 3.09 bits per heavy atom. The van der Waals surface area contributed by atoms with Crippen molar-refractivity contribution >= 4 is 0 Å². The number of methoxy groups -OCH3 is 1. The van der Waals surface area contributed by atoms with Crippen molar-refractivity contribution in [2.45, 2.75) is 25.3 Å². The van der Waals surface area contributed by atoms with E-state index in [-0.39, 0.29) is 0 Å². The lowest BCUT2D eigenvalue weighted by molar-refractivity contribution is 0.314. The molecule has 1 N–H and O–H groups in total. The predicted molar refractivity (Wildman–Crippen MR) is 86.4 cm³/mol. The third-order valence-corrected chi connectivity index (χ3v) is 3.99. The van der Waals surface area contributed by atoms with Crippen molar-refractivity contribution in [1.29, 1.82) is 0 Å². The summed E-state index contributed by atoms with van der Waals surface area (Å²) in [5.74, 6) is 1.84. The largest absolute Gasteiger partial charge is 0.497 e. The molecule has 3 rings (SSSR count). The van der Waals surface area contributed by atoms with Gasteiger partial charge in [-0.3, -0.25) is 4.98 Å². The van der Waals surface area contributed by atoms with Gasteiger partial charge in [-0.15, -0.1) is 0 Å². The molecule has 0 spiro atoms. The van der Waals surface area contributed by atoms with E-state index in [0.717, 1.165) is 49.6 Å². The number of fused-ring (bicyclic) bond motifs is 1. The molecule has 4 nitrogen and oxygen atoms in total. The summed E-state index contributed by atoms with van der Waals surface area (Å²) in [6.07, 6.45) is 4.90. The average molecular weight is 298 g/mol. The Morgan fingerprint density at radius 1 is 1.32 bits per heavy atom. The molecule has 0 radical (unpaired) electrons. The first-order chi connectivity index (χ1) is 10.9. The Bertz CT molecular complexity index is 601. The van der Waals surface area contributed by atoms with Crippen molar-refractivity contribution in [1.82, 2.24) is 10.3 Å². The third kappa shape index (κ3) is 3.57. The van der Waals surface area contributed by atoms with Gasteiger partial charge in [0, 0.05) is 36.5 Å². The van der Waals surface area contributed by atoms with Crippen LogP contribution in [0.5, 0.6) is 11.5 Å². The lowest BCUT2D eigenvalue weighted by atomic mass is 10.0. The molecule has 0 fully saturated rings. The number of pyridine rings is 1. The zero-order valence-corrected chi connectivity index (χ0v) is 12.9. The second-order valence-electron chi connectivity index (χ2n) is 5.47. The fourth-order valence-corrected chi connectivity index (χ4v) is 2.81. The van der Waals surface area contributed by atoms with Gasteiger partial charge in [0.1, 0.15) is 11.5 Å². The highest BCUT2D eigenvalue weighted by Gasteiger charge is 2.20. The van der Waals surface area contributed by atoms with Gasteiger partial charge >= 0.3 is 0 Å². The maximum absolute atomic E-state index is 5.83. The minimum atomic E-state index is 0.302. The van der Waals surface area contributed by atoms with Gasteiger partial charge in [0.15, 0.2) is 0 Å². The van der Waals surface area contributed by atoms with Crippen LogP contribution in [0.15, 0.2) is 42.6 Å². The number of nitrogens with one attached hydrogen (secondary N) is 1. The molecule has 0 aliphatic carbocycles. The van der Waals surface area contributed by atoms with Crippen molar-refractivity contribution in [3.8, 4) is 11.5 Å². The molecule has 0 amide bonds. The Morgan fingerprint density at radius 2 is 2.27 bits per heavy atom. The van der Waals surface area contributed by atoms with Crippen LogP contribution in [0.25, 0.3) is 0 Å². The Kier molecular flexibility index (Phi) is 4.91. The highest BCUT2D eigenvalue weighted by atomic mass is 16.5. The van der Waals surface area contributed by atoms with Crippen LogP contribution < -0.4 is 14.8 Å². The van der Waals surface area contributed by atoms with Crippen LogP contribution in [0.4, 0.5) is 0 Å². The summed E-state index contributed by atoms with van der Waals surface area (Å²) in [5, 5.41) is 3.64. The molecule has 2 heterocycles. The van der Waals surface area contributed by atoms with Gasteiger partial charge in [-0.05, 0) is 43.2 Å². The lowest BCUT2D eigenvalue weighted by Gasteiger charge is -2.19. The SMILES string of the molecule is COc1ccc2c(c1)C(NCCc1ccccn1)CCCO2. The van der Waals surface area contributed by atoms with Crippen LogP contribution in [0.3, 0.4) is 0 Å². The van der Waals surface area contributed by atoms with Gasteiger partial charge in [0.25, 0.3) is 0 Å². The third-order valence-electron chi connectivity index (χ3n) is 3.99. The zero-order valence-electron chi connectivity index (χ0n) is 12.9. The smallest absolute Gasteiger partial charge is 0.124 e. The second-order valence-corrected chi connectivity index (χ2v) is 5.47. The Labute approximate surface area is 131 Å². The van der Waals surface area contributed by atoms with E-state index in [1.54, 1.807) is 7.11 Å². The first-order valence-corrected chi connectivity index (χ1v) is 7.81. The van der Waals surface area contributed by atoms with E-state index in [1.165, 1.54) is 5.56 Å². The van der Waals surface area contributed by atoms with Crippen LogP contribution in [-0.2, 0) is 6.42 Å². The standard InChI is InChI=1S/C18H22N2O2/c1-21-15-7-8-18-16(13-15)17(6-4-12-22-18)20-11-9-14-5-2-3-10-19-14/h2-3,5,7-8,10,13,17,20H,4,6,9,11-12H2,1H3. The fourth-order valence-electron chi connectivity index (χ4n) is 2.81. The molecule has 116 valence electrons. The van der Waals surface area contributed by atoms with Crippen molar-refractivity contribution in [3.63, 3.8) is 0 Å². The van der Waals surface area contributed by atoms with E-state index in [1.807, 2.05) is 30.5 Å². The quantitative estimate of drug-likeness (QED) is 0.921. The number of rotatable bonds is 5. The summed E-state index contributed by atoms with van der Waals surface area (Å²) in [4.78, 5) is 4.37. The fraction of sp³-hybridized carbons (Fsp3) is 0.389. The van der Waals surface area contributed by atoms with Gasteiger partial charge in [0.2, 0.25) is 0 Å². The maximum Gasteiger partial charge on any atom is 0.124 e. The molecule has 0 bridgehead atoms. The predicted octanol–water partition coefficient (Wildman–Crippen LogP) is 3.14. The molecule has 1 aromatic carbocycles. The van der Waals surface area contributed by atoms with E-state index in [9.17, 15) is 0 Å². The minimum Gasteiger partial charge on any atom is -0.497 e. The van der Waals surface area contributed by atoms with Crippen molar-refractivity contribution in [2.24, 2.45) is 0 Å². The summed E-state index contributed by atoms with van der Waals surface area (Å²) >= 11 is 0. The number of benzene rings is 1. The first-order valence-electron chi connectivity index (χ1n) is 7.81. The summed E-state index contributed by atoms with van der Waals surface area (Å²) in [7, 11) is 1.70. The van der Waals surface area contributed by atoms with E-state index in [0.29, 0.717) is 6.04 Å². The molecular formula is C18H22N2O2. The molecule has 0 saturated carbocycles. The molecule has 1 aromatic heterocycles. The molecule has 1 unspecified atom stereocenters.